The van der Waals surface area contributed by atoms with Crippen LogP contribution in [0, 0.1) is 11.8 Å². The van der Waals surface area contributed by atoms with Crippen LogP contribution in [0.5, 0.6) is 0 Å². The molecule has 1 amide bonds. The molecule has 3 aliphatic rings. The Labute approximate surface area is 140 Å². The zero-order valence-corrected chi connectivity index (χ0v) is 13.9. The highest BCUT2D eigenvalue weighted by Crippen LogP contribution is 2.38. The quantitative estimate of drug-likeness (QED) is 0.776. The minimum Gasteiger partial charge on any atom is -0.464 e. The molecule has 24 heavy (non-hydrogen) atoms. The van der Waals surface area contributed by atoms with E-state index in [4.69, 9.17) is 4.42 Å². The van der Waals surface area contributed by atoms with E-state index in [0.717, 1.165) is 32.5 Å². The van der Waals surface area contributed by atoms with Crippen molar-refractivity contribution in [2.24, 2.45) is 11.8 Å². The minimum absolute atomic E-state index is 0.216. The fourth-order valence-corrected chi connectivity index (χ4v) is 4.61. The predicted octanol–water partition coefficient (Wildman–Crippen LogP) is 1.29. The number of carbonyl (C=O) groups excluding carboxylic acids is 2. The van der Waals surface area contributed by atoms with Crippen molar-refractivity contribution in [2.75, 3.05) is 26.7 Å². The molecule has 3 saturated heterocycles. The van der Waals surface area contributed by atoms with Crippen LogP contribution in [-0.2, 0) is 16.1 Å². The van der Waals surface area contributed by atoms with Crippen molar-refractivity contribution >= 4 is 11.9 Å². The standard InChI is InChI=1S/C17H23N3O4/c1-23-17(22)13-10-24-15(18-13)9-19-6-11-5-12(8-19)14-3-2-4-16(21)20(14)7-11/h10-12,14H,2-9H2,1H3/t11-,12-,14+/m1/s1. The van der Waals surface area contributed by atoms with Gasteiger partial charge in [-0.2, -0.15) is 0 Å². The van der Waals surface area contributed by atoms with E-state index in [1.807, 2.05) is 0 Å². The summed E-state index contributed by atoms with van der Waals surface area (Å²) < 4.78 is 10.1. The Bertz CT molecular complexity index is 644. The molecule has 0 saturated carbocycles. The molecule has 0 aliphatic carbocycles. The van der Waals surface area contributed by atoms with E-state index in [0.29, 0.717) is 42.6 Å². The van der Waals surface area contributed by atoms with Crippen LogP contribution < -0.4 is 0 Å². The number of carbonyl (C=O) groups is 2. The first-order valence-corrected chi connectivity index (χ1v) is 8.68. The van der Waals surface area contributed by atoms with Gasteiger partial charge in [0.15, 0.2) is 5.69 Å². The average Bonchev–Trinajstić information content (AvgIpc) is 3.03. The largest absolute Gasteiger partial charge is 0.464 e. The third kappa shape index (κ3) is 2.81. The summed E-state index contributed by atoms with van der Waals surface area (Å²) in [6.07, 6.45) is 5.43. The van der Waals surface area contributed by atoms with Gasteiger partial charge in [-0.05, 0) is 31.1 Å². The number of likely N-dealkylation sites (tertiary alicyclic amines) is 1. The van der Waals surface area contributed by atoms with Crippen molar-refractivity contribution in [2.45, 2.75) is 38.3 Å². The van der Waals surface area contributed by atoms with Crippen molar-refractivity contribution in [3.63, 3.8) is 0 Å². The predicted molar refractivity (Wildman–Crippen MR) is 84.1 cm³/mol. The average molecular weight is 333 g/mol. The first-order chi connectivity index (χ1) is 11.6. The summed E-state index contributed by atoms with van der Waals surface area (Å²) in [5, 5.41) is 0. The lowest BCUT2D eigenvalue weighted by molar-refractivity contribution is -0.145. The van der Waals surface area contributed by atoms with E-state index in [9.17, 15) is 9.59 Å². The van der Waals surface area contributed by atoms with Crippen LogP contribution in [0.4, 0.5) is 0 Å². The number of ether oxygens (including phenoxy) is 1. The summed E-state index contributed by atoms with van der Waals surface area (Å²) in [4.78, 5) is 32.3. The second-order valence-electron chi connectivity index (χ2n) is 7.18. The van der Waals surface area contributed by atoms with E-state index < -0.39 is 5.97 Å². The van der Waals surface area contributed by atoms with Gasteiger partial charge in [-0.15, -0.1) is 0 Å². The van der Waals surface area contributed by atoms with Crippen molar-refractivity contribution < 1.29 is 18.7 Å². The Morgan fingerprint density at radius 3 is 3.12 bits per heavy atom. The van der Waals surface area contributed by atoms with E-state index in [1.165, 1.54) is 19.8 Å². The molecule has 0 radical (unpaired) electrons. The number of piperidine rings is 3. The number of nitrogens with zero attached hydrogens (tertiary/aromatic N) is 3. The number of oxazole rings is 1. The fraction of sp³-hybridized carbons (Fsp3) is 0.706. The van der Waals surface area contributed by atoms with E-state index in [-0.39, 0.29) is 5.69 Å². The normalized spacial score (nSPS) is 30.1. The second kappa shape index (κ2) is 6.20. The van der Waals surface area contributed by atoms with Gasteiger partial charge >= 0.3 is 5.97 Å². The zero-order chi connectivity index (χ0) is 16.7. The topological polar surface area (TPSA) is 75.9 Å². The van der Waals surface area contributed by atoms with Crippen LogP contribution >= 0.6 is 0 Å². The van der Waals surface area contributed by atoms with Gasteiger partial charge in [0, 0.05) is 32.1 Å². The van der Waals surface area contributed by atoms with Crippen molar-refractivity contribution in [3.05, 3.63) is 17.8 Å². The summed E-state index contributed by atoms with van der Waals surface area (Å²) in [5.41, 5.74) is 0.216. The summed E-state index contributed by atoms with van der Waals surface area (Å²) in [6, 6.07) is 0.403. The number of fused-ring (bicyclic) bond motifs is 4. The van der Waals surface area contributed by atoms with E-state index in [2.05, 4.69) is 19.5 Å². The summed E-state index contributed by atoms with van der Waals surface area (Å²) in [6.45, 7) is 3.39. The molecule has 0 unspecified atom stereocenters. The van der Waals surface area contributed by atoms with Crippen molar-refractivity contribution in [3.8, 4) is 0 Å². The second-order valence-corrected chi connectivity index (χ2v) is 7.18. The number of hydrogen-bond acceptors (Lipinski definition) is 6. The van der Waals surface area contributed by atoms with E-state index >= 15 is 0 Å². The van der Waals surface area contributed by atoms with Gasteiger partial charge in [0.05, 0.1) is 13.7 Å². The maximum absolute atomic E-state index is 12.2. The molecule has 4 heterocycles. The number of esters is 1. The monoisotopic (exact) mass is 333 g/mol. The number of rotatable bonds is 3. The minimum atomic E-state index is -0.475. The zero-order valence-electron chi connectivity index (χ0n) is 13.9. The van der Waals surface area contributed by atoms with Gasteiger partial charge < -0.3 is 14.1 Å². The van der Waals surface area contributed by atoms with Crippen LogP contribution in [0.25, 0.3) is 0 Å². The third-order valence-electron chi connectivity index (χ3n) is 5.56. The lowest BCUT2D eigenvalue weighted by Gasteiger charge is -2.52. The van der Waals surface area contributed by atoms with Gasteiger partial charge in [-0.25, -0.2) is 9.78 Å². The smallest absolute Gasteiger partial charge is 0.360 e. The van der Waals surface area contributed by atoms with Gasteiger partial charge in [0.25, 0.3) is 0 Å². The first kappa shape index (κ1) is 15.6. The Kier molecular flexibility index (Phi) is 4.04. The molecule has 7 heteroatoms. The highest BCUT2D eigenvalue weighted by atomic mass is 16.5. The lowest BCUT2D eigenvalue weighted by atomic mass is 9.76. The number of amides is 1. The molecule has 3 aliphatic heterocycles. The van der Waals surface area contributed by atoms with E-state index in [1.54, 1.807) is 0 Å². The van der Waals surface area contributed by atoms with Gasteiger partial charge in [0.2, 0.25) is 11.8 Å². The van der Waals surface area contributed by atoms with Gasteiger partial charge in [-0.3, -0.25) is 9.69 Å². The van der Waals surface area contributed by atoms with Crippen molar-refractivity contribution in [1.82, 2.24) is 14.8 Å². The summed E-state index contributed by atoms with van der Waals surface area (Å²) in [5.74, 6) is 1.47. The molecule has 2 bridgehead atoms. The Morgan fingerprint density at radius 1 is 1.42 bits per heavy atom. The molecule has 0 N–H and O–H groups in total. The fourth-order valence-electron chi connectivity index (χ4n) is 4.61. The van der Waals surface area contributed by atoms with Crippen LogP contribution in [-0.4, -0.2) is 59.4 Å². The van der Waals surface area contributed by atoms with Gasteiger partial charge in [-0.1, -0.05) is 0 Å². The highest BCUT2D eigenvalue weighted by Gasteiger charge is 2.43. The number of hydrogen-bond donors (Lipinski definition) is 0. The van der Waals surface area contributed by atoms with Crippen LogP contribution in [0.2, 0.25) is 0 Å². The molecular formula is C17H23N3O4. The SMILES string of the molecule is COC(=O)c1coc(CN2C[C@H]3C[C@H](C2)[C@@H]2CCCC(=O)N2C3)n1. The Hall–Kier alpha value is -1.89. The molecule has 3 atom stereocenters. The van der Waals surface area contributed by atoms with Crippen molar-refractivity contribution in [1.29, 1.82) is 0 Å². The molecule has 0 aromatic carbocycles. The van der Waals surface area contributed by atoms with Crippen LogP contribution in [0.3, 0.4) is 0 Å². The maximum atomic E-state index is 12.2. The van der Waals surface area contributed by atoms with Crippen LogP contribution in [0.1, 0.15) is 42.1 Å². The Morgan fingerprint density at radius 2 is 2.29 bits per heavy atom. The first-order valence-electron chi connectivity index (χ1n) is 8.68. The molecule has 7 nitrogen and oxygen atoms in total. The third-order valence-corrected chi connectivity index (χ3v) is 5.56. The molecular weight excluding hydrogens is 310 g/mol. The molecule has 0 spiro atoms. The summed E-state index contributed by atoms with van der Waals surface area (Å²) in [7, 11) is 1.33. The Balaban J connectivity index is 1.43. The van der Waals surface area contributed by atoms with Crippen LogP contribution in [0.15, 0.2) is 10.7 Å². The summed E-state index contributed by atoms with van der Waals surface area (Å²) >= 11 is 0. The number of methoxy groups -OCH3 is 1. The number of aromatic nitrogens is 1. The molecule has 1 aromatic heterocycles. The van der Waals surface area contributed by atoms with Gasteiger partial charge in [0.1, 0.15) is 6.26 Å². The highest BCUT2D eigenvalue weighted by molar-refractivity contribution is 5.86. The lowest BCUT2D eigenvalue weighted by Crippen LogP contribution is -2.60. The molecule has 130 valence electrons. The molecule has 3 fully saturated rings. The molecule has 4 rings (SSSR count). The maximum Gasteiger partial charge on any atom is 0.360 e. The molecule has 1 aromatic rings.